The molecular weight excluding hydrogens is 388 g/mol. The highest BCUT2D eigenvalue weighted by Gasteiger charge is 2.27. The van der Waals surface area contributed by atoms with Crippen molar-refractivity contribution >= 4 is 40.3 Å². The molecule has 0 spiro atoms. The highest BCUT2D eigenvalue weighted by Crippen LogP contribution is 2.35. The van der Waals surface area contributed by atoms with Crippen LogP contribution in [0.5, 0.6) is 0 Å². The Labute approximate surface area is 162 Å². The molecule has 136 valence electrons. The molecular formula is C17H13ClN6O2S. The Balaban J connectivity index is 1.76. The van der Waals surface area contributed by atoms with Crippen LogP contribution >= 0.6 is 23.4 Å². The van der Waals surface area contributed by atoms with Gasteiger partial charge in [-0.25, -0.2) is 9.97 Å². The van der Waals surface area contributed by atoms with E-state index in [1.165, 1.54) is 6.20 Å². The Morgan fingerprint density at radius 3 is 2.81 bits per heavy atom. The van der Waals surface area contributed by atoms with Gasteiger partial charge in [-0.1, -0.05) is 41.9 Å². The number of aromatic amines is 1. The minimum absolute atomic E-state index is 0.195. The second-order valence-corrected chi connectivity index (χ2v) is 7.20. The van der Waals surface area contributed by atoms with E-state index in [1.54, 1.807) is 13.0 Å². The van der Waals surface area contributed by atoms with Crippen molar-refractivity contribution in [3.8, 4) is 0 Å². The van der Waals surface area contributed by atoms with Crippen LogP contribution in [0.3, 0.4) is 0 Å². The molecule has 0 aliphatic rings. The zero-order valence-corrected chi connectivity index (χ0v) is 15.7. The van der Waals surface area contributed by atoms with Crippen molar-refractivity contribution in [2.24, 2.45) is 0 Å². The fraction of sp³-hybridized carbons (Fsp3) is 0.118. The third-order valence-corrected chi connectivity index (χ3v) is 5.12. The Morgan fingerprint density at radius 1 is 1.30 bits per heavy atom. The summed E-state index contributed by atoms with van der Waals surface area (Å²) in [7, 11) is 0. The number of hydrogen-bond acceptors (Lipinski definition) is 6. The molecule has 1 N–H and O–H groups in total. The molecule has 0 amide bonds. The summed E-state index contributed by atoms with van der Waals surface area (Å²) in [4.78, 5) is 26.8. The average molecular weight is 401 g/mol. The average Bonchev–Trinajstić information content (AvgIpc) is 3.17. The van der Waals surface area contributed by atoms with Crippen LogP contribution in [0.1, 0.15) is 11.4 Å². The molecule has 27 heavy (non-hydrogen) atoms. The maximum Gasteiger partial charge on any atom is 0.396 e. The number of hydrogen-bond donors (Lipinski definition) is 1. The van der Waals surface area contributed by atoms with Crippen molar-refractivity contribution in [2.75, 3.05) is 0 Å². The van der Waals surface area contributed by atoms with Gasteiger partial charge in [-0.3, -0.25) is 4.57 Å². The predicted octanol–water partition coefficient (Wildman–Crippen LogP) is 4.22. The number of nitro groups is 1. The molecule has 0 saturated carbocycles. The van der Waals surface area contributed by atoms with E-state index < -0.39 is 4.92 Å². The van der Waals surface area contributed by atoms with Gasteiger partial charge in [0.25, 0.3) is 0 Å². The molecule has 0 fully saturated rings. The number of nitrogens with one attached hydrogen (secondary N) is 1. The molecule has 0 aliphatic carbocycles. The Hall–Kier alpha value is -2.91. The number of imidazole rings is 2. The lowest BCUT2D eigenvalue weighted by Crippen LogP contribution is -2.04. The van der Waals surface area contributed by atoms with Gasteiger partial charge in [0.05, 0.1) is 17.1 Å². The fourth-order valence-corrected chi connectivity index (χ4v) is 3.85. The minimum Gasteiger partial charge on any atom is -0.358 e. The number of H-pyrrole nitrogens is 1. The van der Waals surface area contributed by atoms with Crippen molar-refractivity contribution in [3.63, 3.8) is 0 Å². The first-order chi connectivity index (χ1) is 13.0. The number of pyridine rings is 1. The highest BCUT2D eigenvalue weighted by molar-refractivity contribution is 7.99. The van der Waals surface area contributed by atoms with Crippen LogP contribution < -0.4 is 0 Å². The van der Waals surface area contributed by atoms with Gasteiger partial charge in [-0.15, -0.1) is 0 Å². The van der Waals surface area contributed by atoms with Crippen LogP contribution in [0.4, 0.5) is 5.82 Å². The maximum absolute atomic E-state index is 11.5. The van der Waals surface area contributed by atoms with Gasteiger partial charge in [0.1, 0.15) is 0 Å². The first-order valence-electron chi connectivity index (χ1n) is 7.96. The van der Waals surface area contributed by atoms with Gasteiger partial charge >= 0.3 is 5.82 Å². The van der Waals surface area contributed by atoms with Crippen LogP contribution in [-0.2, 0) is 6.54 Å². The summed E-state index contributed by atoms with van der Waals surface area (Å²) < 4.78 is 1.81. The molecule has 4 aromatic rings. The van der Waals surface area contributed by atoms with E-state index in [9.17, 15) is 10.1 Å². The van der Waals surface area contributed by atoms with Crippen molar-refractivity contribution in [3.05, 3.63) is 69.1 Å². The number of benzene rings is 1. The summed E-state index contributed by atoms with van der Waals surface area (Å²) in [5, 5.41) is 12.9. The molecule has 0 aliphatic heterocycles. The van der Waals surface area contributed by atoms with E-state index in [4.69, 9.17) is 11.6 Å². The molecule has 0 unspecified atom stereocenters. The minimum atomic E-state index is -0.478. The fourth-order valence-electron chi connectivity index (χ4n) is 2.69. The van der Waals surface area contributed by atoms with Gasteiger partial charge in [-0.2, -0.15) is 0 Å². The lowest BCUT2D eigenvalue weighted by molar-refractivity contribution is -0.392. The Bertz CT molecular complexity index is 1140. The van der Waals surface area contributed by atoms with Gasteiger partial charge in [0.2, 0.25) is 5.82 Å². The first-order valence-corrected chi connectivity index (χ1v) is 9.15. The standard InChI is InChI=1S/C17H13ClN6O2S/c1-10-20-15(24(25)26)16(23(10)9-11-5-3-2-4-6-11)27-17-21-13-7-12(18)8-19-14(13)22-17/h2-8H,9H2,1H3,(H,19,21,22). The number of aryl methyl sites for hydroxylation is 1. The molecule has 1 aromatic carbocycles. The van der Waals surface area contributed by atoms with E-state index in [1.807, 2.05) is 34.9 Å². The molecule has 10 heteroatoms. The highest BCUT2D eigenvalue weighted by atomic mass is 35.5. The third-order valence-electron chi connectivity index (χ3n) is 3.93. The predicted molar refractivity (Wildman–Crippen MR) is 102 cm³/mol. The van der Waals surface area contributed by atoms with Gasteiger partial charge in [0.15, 0.2) is 15.8 Å². The van der Waals surface area contributed by atoms with Crippen LogP contribution in [0, 0.1) is 17.0 Å². The monoisotopic (exact) mass is 400 g/mol. The SMILES string of the molecule is Cc1nc([N+](=O)[O-])c(Sc2nc3ncc(Cl)cc3[nH]2)n1Cc1ccccc1. The van der Waals surface area contributed by atoms with Crippen LogP contribution in [-0.4, -0.2) is 29.4 Å². The quantitative estimate of drug-likeness (QED) is 0.397. The van der Waals surface area contributed by atoms with Crippen molar-refractivity contribution < 1.29 is 4.92 Å². The van der Waals surface area contributed by atoms with Crippen LogP contribution in [0.2, 0.25) is 5.02 Å². The van der Waals surface area contributed by atoms with Crippen molar-refractivity contribution in [1.82, 2.24) is 24.5 Å². The zero-order chi connectivity index (χ0) is 19.0. The van der Waals surface area contributed by atoms with E-state index >= 15 is 0 Å². The van der Waals surface area contributed by atoms with Gasteiger partial charge < -0.3 is 15.1 Å². The molecule has 0 bridgehead atoms. The maximum atomic E-state index is 11.5. The van der Waals surface area contributed by atoms with E-state index in [0.717, 1.165) is 17.3 Å². The number of aromatic nitrogens is 5. The molecule has 8 nitrogen and oxygen atoms in total. The lowest BCUT2D eigenvalue weighted by Gasteiger charge is -2.07. The van der Waals surface area contributed by atoms with E-state index in [-0.39, 0.29) is 5.82 Å². The summed E-state index contributed by atoms with van der Waals surface area (Å²) in [5.41, 5.74) is 2.18. The second-order valence-electron chi connectivity index (χ2n) is 5.79. The van der Waals surface area contributed by atoms with Crippen molar-refractivity contribution in [1.29, 1.82) is 0 Å². The second kappa shape index (κ2) is 7.01. The number of rotatable bonds is 5. The smallest absolute Gasteiger partial charge is 0.358 e. The topological polar surface area (TPSA) is 103 Å². The summed E-state index contributed by atoms with van der Waals surface area (Å²) in [5.74, 6) is 0.366. The molecule has 0 radical (unpaired) electrons. The van der Waals surface area contributed by atoms with E-state index in [0.29, 0.717) is 38.7 Å². The molecule has 3 heterocycles. The van der Waals surface area contributed by atoms with Crippen LogP contribution in [0.25, 0.3) is 11.2 Å². The molecule has 0 atom stereocenters. The normalized spacial score (nSPS) is 11.2. The van der Waals surface area contributed by atoms with Crippen molar-refractivity contribution in [2.45, 2.75) is 23.7 Å². The summed E-state index contributed by atoms with van der Waals surface area (Å²) in [6.45, 7) is 2.22. The number of nitrogens with zero attached hydrogens (tertiary/aromatic N) is 5. The zero-order valence-electron chi connectivity index (χ0n) is 14.1. The lowest BCUT2D eigenvalue weighted by atomic mass is 10.2. The van der Waals surface area contributed by atoms with Gasteiger partial charge in [-0.05, 0) is 33.3 Å². The summed E-state index contributed by atoms with van der Waals surface area (Å²) >= 11 is 7.10. The molecule has 0 saturated heterocycles. The van der Waals surface area contributed by atoms with E-state index in [2.05, 4.69) is 19.9 Å². The van der Waals surface area contributed by atoms with Crippen LogP contribution in [0.15, 0.2) is 52.8 Å². The Morgan fingerprint density at radius 2 is 2.07 bits per heavy atom. The molecule has 4 rings (SSSR count). The first kappa shape index (κ1) is 17.5. The number of fused-ring (bicyclic) bond motifs is 1. The van der Waals surface area contributed by atoms with Gasteiger partial charge in [0, 0.05) is 13.1 Å². The molecule has 3 aromatic heterocycles. The largest absolute Gasteiger partial charge is 0.396 e. The summed E-state index contributed by atoms with van der Waals surface area (Å²) in [6, 6.07) is 11.4. The Kier molecular flexibility index (Phi) is 4.54. The summed E-state index contributed by atoms with van der Waals surface area (Å²) in [6.07, 6.45) is 1.51. The third kappa shape index (κ3) is 3.51. The number of halogens is 1.